The van der Waals surface area contributed by atoms with Crippen molar-refractivity contribution in [3.8, 4) is 5.75 Å². The van der Waals surface area contributed by atoms with Gasteiger partial charge in [0.2, 0.25) is 5.91 Å². The van der Waals surface area contributed by atoms with E-state index < -0.39 is 11.5 Å². The Morgan fingerprint density at radius 3 is 2.86 bits per heavy atom. The van der Waals surface area contributed by atoms with Crippen molar-refractivity contribution in [3.63, 3.8) is 0 Å². The predicted molar refractivity (Wildman–Crippen MR) is 110 cm³/mol. The van der Waals surface area contributed by atoms with E-state index in [4.69, 9.17) is 22.1 Å². The zero-order valence-corrected chi connectivity index (χ0v) is 17.0. The number of carbonyl (C=O) groups is 2. The summed E-state index contributed by atoms with van der Waals surface area (Å²) in [5.74, 6) is -0.135. The molecule has 1 unspecified atom stereocenters. The molecule has 0 bridgehead atoms. The molecule has 8 heteroatoms. The highest BCUT2D eigenvalue weighted by molar-refractivity contribution is 6.30. The summed E-state index contributed by atoms with van der Waals surface area (Å²) in [6, 6.07) is 6.66. The highest BCUT2D eigenvalue weighted by Crippen LogP contribution is 2.28. The van der Waals surface area contributed by atoms with E-state index in [2.05, 4.69) is 10.3 Å². The van der Waals surface area contributed by atoms with Gasteiger partial charge in [-0.1, -0.05) is 11.6 Å². The molecule has 1 aromatic heterocycles. The van der Waals surface area contributed by atoms with E-state index in [-0.39, 0.29) is 17.5 Å². The fourth-order valence-electron chi connectivity index (χ4n) is 3.53. The van der Waals surface area contributed by atoms with Crippen molar-refractivity contribution < 1.29 is 14.3 Å². The lowest BCUT2D eigenvalue weighted by atomic mass is 9.90. The molecule has 0 saturated carbocycles. The zero-order valence-electron chi connectivity index (χ0n) is 16.2. The maximum Gasteiger partial charge on any atom is 0.261 e. The van der Waals surface area contributed by atoms with Gasteiger partial charge in [0.1, 0.15) is 11.3 Å². The van der Waals surface area contributed by atoms with Gasteiger partial charge in [0.15, 0.2) is 0 Å². The minimum atomic E-state index is -0.778. The van der Waals surface area contributed by atoms with Gasteiger partial charge in [-0.05, 0) is 68.0 Å². The standard InChI is InChI=1S/C21H24ClN3O4/c1-12-10-13(22)7-8-18(12)29-9-3-6-19(26)24-16-4-2-5-17-14(16)11-15(20(23)27)21(28)25-17/h7-8,10-11,16H,2-6,9H2,1H3,(H2,23,27)(H,24,26)(H,25,28). The zero-order chi connectivity index (χ0) is 21.0. The smallest absolute Gasteiger partial charge is 0.261 e. The van der Waals surface area contributed by atoms with E-state index in [1.807, 2.05) is 19.1 Å². The van der Waals surface area contributed by atoms with Gasteiger partial charge in [-0.25, -0.2) is 0 Å². The fraction of sp³-hybridized carbons (Fsp3) is 0.381. The minimum absolute atomic E-state index is 0.0865. The van der Waals surface area contributed by atoms with Gasteiger partial charge in [0.25, 0.3) is 11.5 Å². The van der Waals surface area contributed by atoms with Crippen molar-refractivity contribution in [2.24, 2.45) is 5.73 Å². The van der Waals surface area contributed by atoms with Crippen LogP contribution in [0, 0.1) is 6.92 Å². The molecule has 1 atom stereocenters. The number of ether oxygens (including phenoxy) is 1. The molecule has 1 aromatic carbocycles. The molecule has 1 aliphatic carbocycles. The van der Waals surface area contributed by atoms with E-state index in [0.717, 1.165) is 35.4 Å². The van der Waals surface area contributed by atoms with Crippen LogP contribution in [-0.2, 0) is 11.2 Å². The summed E-state index contributed by atoms with van der Waals surface area (Å²) in [6.07, 6.45) is 3.15. The summed E-state index contributed by atoms with van der Waals surface area (Å²) in [6.45, 7) is 2.33. The largest absolute Gasteiger partial charge is 0.493 e. The molecule has 0 fully saturated rings. The third-order valence-corrected chi connectivity index (χ3v) is 5.23. The molecule has 0 aliphatic heterocycles. The average molecular weight is 418 g/mol. The number of hydrogen-bond acceptors (Lipinski definition) is 4. The van der Waals surface area contributed by atoms with E-state index in [0.29, 0.717) is 30.9 Å². The normalized spacial score (nSPS) is 15.4. The van der Waals surface area contributed by atoms with Crippen LogP contribution in [0.3, 0.4) is 0 Å². The lowest BCUT2D eigenvalue weighted by Crippen LogP contribution is -2.34. The van der Waals surface area contributed by atoms with Crippen molar-refractivity contribution in [1.29, 1.82) is 0 Å². The number of aryl methyl sites for hydroxylation is 2. The quantitative estimate of drug-likeness (QED) is 0.601. The van der Waals surface area contributed by atoms with Crippen molar-refractivity contribution in [2.45, 2.75) is 45.1 Å². The fourth-order valence-corrected chi connectivity index (χ4v) is 3.76. The molecule has 4 N–H and O–H groups in total. The first-order chi connectivity index (χ1) is 13.8. The lowest BCUT2D eigenvalue weighted by molar-refractivity contribution is -0.122. The number of amides is 2. The highest BCUT2D eigenvalue weighted by Gasteiger charge is 2.24. The molecule has 0 spiro atoms. The second-order valence-corrected chi connectivity index (χ2v) is 7.62. The first-order valence-electron chi connectivity index (χ1n) is 9.59. The monoisotopic (exact) mass is 417 g/mol. The Hall–Kier alpha value is -2.80. The van der Waals surface area contributed by atoms with Gasteiger partial charge in [-0.15, -0.1) is 0 Å². The van der Waals surface area contributed by atoms with E-state index >= 15 is 0 Å². The molecule has 1 aliphatic rings. The molecule has 0 radical (unpaired) electrons. The van der Waals surface area contributed by atoms with Crippen LogP contribution in [0.1, 0.15) is 58.9 Å². The summed E-state index contributed by atoms with van der Waals surface area (Å²) in [5.41, 5.74) is 7.15. The number of aromatic nitrogens is 1. The summed E-state index contributed by atoms with van der Waals surface area (Å²) < 4.78 is 5.71. The van der Waals surface area contributed by atoms with Crippen LogP contribution in [0.4, 0.5) is 0 Å². The molecule has 3 rings (SSSR count). The number of H-pyrrole nitrogens is 1. The number of rotatable bonds is 7. The number of halogens is 1. The molecule has 154 valence electrons. The van der Waals surface area contributed by atoms with E-state index in [1.54, 1.807) is 6.07 Å². The number of carbonyl (C=O) groups excluding carboxylic acids is 2. The molecule has 1 heterocycles. The van der Waals surface area contributed by atoms with Crippen LogP contribution in [0.15, 0.2) is 29.1 Å². The Morgan fingerprint density at radius 2 is 2.14 bits per heavy atom. The van der Waals surface area contributed by atoms with Gasteiger partial charge in [0.05, 0.1) is 12.6 Å². The molecule has 7 nitrogen and oxygen atoms in total. The van der Waals surface area contributed by atoms with Crippen LogP contribution >= 0.6 is 11.6 Å². The minimum Gasteiger partial charge on any atom is -0.493 e. The molecule has 2 aromatic rings. The first-order valence-corrected chi connectivity index (χ1v) is 9.97. The number of benzene rings is 1. The molecular formula is C21H24ClN3O4. The van der Waals surface area contributed by atoms with Gasteiger partial charge in [-0.2, -0.15) is 0 Å². The van der Waals surface area contributed by atoms with Crippen LogP contribution in [0.5, 0.6) is 5.75 Å². The topological polar surface area (TPSA) is 114 Å². The maximum absolute atomic E-state index is 12.4. The third kappa shape index (κ3) is 5.17. The van der Waals surface area contributed by atoms with Crippen LogP contribution < -0.4 is 21.3 Å². The second kappa shape index (κ2) is 9.13. The van der Waals surface area contributed by atoms with Crippen LogP contribution in [-0.4, -0.2) is 23.4 Å². The second-order valence-electron chi connectivity index (χ2n) is 7.18. The number of fused-ring (bicyclic) bond motifs is 1. The van der Waals surface area contributed by atoms with Crippen LogP contribution in [0.25, 0.3) is 0 Å². The van der Waals surface area contributed by atoms with Crippen molar-refractivity contribution in [1.82, 2.24) is 10.3 Å². The lowest BCUT2D eigenvalue weighted by Gasteiger charge is -2.26. The van der Waals surface area contributed by atoms with Crippen molar-refractivity contribution in [3.05, 3.63) is 62.0 Å². The highest BCUT2D eigenvalue weighted by atomic mass is 35.5. The number of primary amides is 1. The molecule has 2 amide bonds. The molecule has 29 heavy (non-hydrogen) atoms. The predicted octanol–water partition coefficient (Wildman–Crippen LogP) is 2.79. The summed E-state index contributed by atoms with van der Waals surface area (Å²) in [5, 5.41) is 3.65. The van der Waals surface area contributed by atoms with Gasteiger partial charge in [-0.3, -0.25) is 14.4 Å². The number of aromatic amines is 1. The van der Waals surface area contributed by atoms with Gasteiger partial charge >= 0.3 is 0 Å². The van der Waals surface area contributed by atoms with E-state index in [9.17, 15) is 14.4 Å². The number of nitrogens with one attached hydrogen (secondary N) is 2. The average Bonchev–Trinajstić information content (AvgIpc) is 2.66. The summed E-state index contributed by atoms with van der Waals surface area (Å²) >= 11 is 5.93. The van der Waals surface area contributed by atoms with Crippen LogP contribution in [0.2, 0.25) is 5.02 Å². The summed E-state index contributed by atoms with van der Waals surface area (Å²) in [4.78, 5) is 38.5. The molecule has 0 saturated heterocycles. The van der Waals surface area contributed by atoms with Crippen molar-refractivity contribution in [2.75, 3.05) is 6.61 Å². The SMILES string of the molecule is Cc1cc(Cl)ccc1OCCCC(=O)NC1CCCc2[nH]c(=O)c(C(N)=O)cc21. The Kier molecular flexibility index (Phi) is 6.59. The Morgan fingerprint density at radius 1 is 1.34 bits per heavy atom. The maximum atomic E-state index is 12.4. The number of hydrogen-bond donors (Lipinski definition) is 3. The number of nitrogens with two attached hydrogens (primary N) is 1. The third-order valence-electron chi connectivity index (χ3n) is 5.00. The number of pyridine rings is 1. The summed E-state index contributed by atoms with van der Waals surface area (Å²) in [7, 11) is 0. The first kappa shape index (κ1) is 20.9. The van der Waals surface area contributed by atoms with Gasteiger partial charge < -0.3 is 20.8 Å². The van der Waals surface area contributed by atoms with E-state index in [1.165, 1.54) is 6.07 Å². The Labute approximate surface area is 173 Å². The van der Waals surface area contributed by atoms with Crippen molar-refractivity contribution >= 4 is 23.4 Å². The Bertz CT molecular complexity index is 986. The Balaban J connectivity index is 1.56. The molecular weight excluding hydrogens is 394 g/mol. The van der Waals surface area contributed by atoms with Gasteiger partial charge in [0, 0.05) is 17.1 Å².